The largest absolute Gasteiger partial charge is 0.298 e. The van der Waals surface area contributed by atoms with Crippen LogP contribution in [0.2, 0.25) is 5.15 Å². The van der Waals surface area contributed by atoms with Gasteiger partial charge in [-0.05, 0) is 6.07 Å². The van der Waals surface area contributed by atoms with Crippen LogP contribution in [0.25, 0.3) is 0 Å². The van der Waals surface area contributed by atoms with E-state index in [0.717, 1.165) is 6.20 Å². The number of halogens is 2. The van der Waals surface area contributed by atoms with E-state index in [1.807, 2.05) is 0 Å². The minimum absolute atomic E-state index is 0.0694. The molecule has 0 saturated carbocycles. The Kier molecular flexibility index (Phi) is 1.97. The number of hydrogen-bond acceptors (Lipinski definition) is 2. The van der Waals surface area contributed by atoms with E-state index in [4.69, 9.17) is 11.6 Å². The molecule has 0 bridgehead atoms. The summed E-state index contributed by atoms with van der Waals surface area (Å²) in [6.45, 7) is 0. The van der Waals surface area contributed by atoms with Crippen molar-refractivity contribution in [2.24, 2.45) is 0 Å². The van der Waals surface area contributed by atoms with Crippen molar-refractivity contribution >= 4 is 17.9 Å². The molecule has 0 atom stereocenters. The van der Waals surface area contributed by atoms with Gasteiger partial charge in [-0.3, -0.25) is 4.79 Å². The van der Waals surface area contributed by atoms with Crippen LogP contribution in [0.1, 0.15) is 10.4 Å². The van der Waals surface area contributed by atoms with Gasteiger partial charge in [0.2, 0.25) is 0 Å². The van der Waals surface area contributed by atoms with Crippen LogP contribution in [-0.4, -0.2) is 11.3 Å². The Labute approximate surface area is 61.6 Å². The van der Waals surface area contributed by atoms with Crippen molar-refractivity contribution in [3.8, 4) is 0 Å². The third-order valence-electron chi connectivity index (χ3n) is 0.979. The maximum Gasteiger partial charge on any atom is 0.153 e. The minimum atomic E-state index is -0.653. The molecule has 10 heavy (non-hydrogen) atoms. The molecule has 0 aromatic carbocycles. The predicted octanol–water partition coefficient (Wildman–Crippen LogP) is 1.69. The zero-order chi connectivity index (χ0) is 7.56. The van der Waals surface area contributed by atoms with Gasteiger partial charge in [-0.25, -0.2) is 9.37 Å². The van der Waals surface area contributed by atoms with Crippen molar-refractivity contribution in [3.05, 3.63) is 28.8 Å². The van der Waals surface area contributed by atoms with Crippen molar-refractivity contribution in [1.82, 2.24) is 4.98 Å². The summed E-state index contributed by atoms with van der Waals surface area (Å²) in [6.07, 6.45) is 1.30. The fourth-order valence-corrected chi connectivity index (χ4v) is 0.684. The van der Waals surface area contributed by atoms with Crippen molar-refractivity contribution < 1.29 is 9.18 Å². The summed E-state index contributed by atoms with van der Waals surface area (Å²) in [6, 6.07) is 1.17. The minimum Gasteiger partial charge on any atom is -0.298 e. The van der Waals surface area contributed by atoms with Gasteiger partial charge >= 0.3 is 0 Å². The molecule has 0 fully saturated rings. The maximum absolute atomic E-state index is 12.4. The van der Waals surface area contributed by atoms with E-state index in [0.29, 0.717) is 6.29 Å². The zero-order valence-electron chi connectivity index (χ0n) is 4.84. The normalized spacial score (nSPS) is 9.40. The van der Waals surface area contributed by atoms with Crippen LogP contribution in [0.15, 0.2) is 12.3 Å². The highest BCUT2D eigenvalue weighted by molar-refractivity contribution is 6.29. The molecule has 0 aliphatic rings. The van der Waals surface area contributed by atoms with Gasteiger partial charge in [0, 0.05) is 0 Å². The van der Waals surface area contributed by atoms with Crippen LogP contribution in [-0.2, 0) is 0 Å². The van der Waals surface area contributed by atoms with E-state index < -0.39 is 5.82 Å². The van der Waals surface area contributed by atoms with Crippen LogP contribution >= 0.6 is 11.6 Å². The zero-order valence-corrected chi connectivity index (χ0v) is 5.60. The van der Waals surface area contributed by atoms with Gasteiger partial charge in [0.1, 0.15) is 5.15 Å². The number of hydrogen-bond donors (Lipinski definition) is 0. The second kappa shape index (κ2) is 2.75. The molecule has 52 valence electrons. The molecule has 1 aromatic rings. The number of rotatable bonds is 1. The molecular weight excluding hydrogens is 157 g/mol. The standard InChI is InChI=1S/C6H3ClFNO/c7-6-1-4(3-10)5(8)2-9-6/h1-3H. The number of aldehydes is 1. The Morgan fingerprint density at radius 1 is 1.70 bits per heavy atom. The summed E-state index contributed by atoms with van der Waals surface area (Å²) < 4.78 is 12.4. The van der Waals surface area contributed by atoms with Crippen LogP contribution in [0, 0.1) is 5.82 Å². The van der Waals surface area contributed by atoms with E-state index in [1.165, 1.54) is 6.07 Å². The number of carbonyl (C=O) groups excluding carboxylic acids is 1. The first-order chi connectivity index (χ1) is 4.74. The molecule has 2 nitrogen and oxygen atoms in total. The fraction of sp³-hybridized carbons (Fsp3) is 0. The van der Waals surface area contributed by atoms with Gasteiger partial charge in [-0.2, -0.15) is 0 Å². The molecule has 0 aliphatic heterocycles. The van der Waals surface area contributed by atoms with E-state index in [9.17, 15) is 9.18 Å². The highest BCUT2D eigenvalue weighted by Crippen LogP contribution is 2.08. The SMILES string of the molecule is O=Cc1cc(Cl)ncc1F. The smallest absolute Gasteiger partial charge is 0.153 e. The summed E-state index contributed by atoms with van der Waals surface area (Å²) >= 11 is 5.36. The second-order valence-corrected chi connectivity index (χ2v) is 2.03. The molecule has 0 N–H and O–H groups in total. The lowest BCUT2D eigenvalue weighted by atomic mass is 10.3. The molecular formula is C6H3ClFNO. The summed E-state index contributed by atoms with van der Waals surface area (Å²) in [4.78, 5) is 13.5. The van der Waals surface area contributed by atoms with Crippen LogP contribution in [0.3, 0.4) is 0 Å². The quantitative estimate of drug-likeness (QED) is 0.461. The van der Waals surface area contributed by atoms with Gasteiger partial charge in [-0.1, -0.05) is 11.6 Å². The molecule has 0 saturated heterocycles. The topological polar surface area (TPSA) is 30.0 Å². The second-order valence-electron chi connectivity index (χ2n) is 1.65. The van der Waals surface area contributed by atoms with Crippen molar-refractivity contribution in [2.75, 3.05) is 0 Å². The molecule has 0 spiro atoms. The van der Waals surface area contributed by atoms with Crippen molar-refractivity contribution in [3.63, 3.8) is 0 Å². The third kappa shape index (κ3) is 1.30. The molecule has 1 rings (SSSR count). The lowest BCUT2D eigenvalue weighted by molar-refractivity contribution is 0.111. The molecule has 1 heterocycles. The average Bonchev–Trinajstić information content (AvgIpc) is 1.94. The van der Waals surface area contributed by atoms with Crippen LogP contribution in [0.5, 0.6) is 0 Å². The predicted molar refractivity (Wildman–Crippen MR) is 34.6 cm³/mol. The summed E-state index contributed by atoms with van der Waals surface area (Å²) in [5.41, 5.74) is -0.0694. The molecule has 4 heteroatoms. The van der Waals surface area contributed by atoms with Crippen LogP contribution < -0.4 is 0 Å². The van der Waals surface area contributed by atoms with Gasteiger partial charge in [0.25, 0.3) is 0 Å². The van der Waals surface area contributed by atoms with Gasteiger partial charge in [-0.15, -0.1) is 0 Å². The number of carbonyl (C=O) groups is 1. The number of nitrogens with zero attached hydrogens (tertiary/aromatic N) is 1. The first-order valence-corrected chi connectivity index (χ1v) is 2.88. The summed E-state index contributed by atoms with van der Waals surface area (Å²) in [5.74, 6) is -0.653. The highest BCUT2D eigenvalue weighted by Gasteiger charge is 2.00. The first-order valence-electron chi connectivity index (χ1n) is 2.50. The average molecular weight is 160 g/mol. The summed E-state index contributed by atoms with van der Waals surface area (Å²) in [5, 5.41) is 0.114. The highest BCUT2D eigenvalue weighted by atomic mass is 35.5. The van der Waals surface area contributed by atoms with Crippen molar-refractivity contribution in [1.29, 1.82) is 0 Å². The molecule has 0 amide bonds. The van der Waals surface area contributed by atoms with Crippen LogP contribution in [0.4, 0.5) is 4.39 Å². The monoisotopic (exact) mass is 159 g/mol. The Hall–Kier alpha value is -0.960. The molecule has 1 aromatic heterocycles. The summed E-state index contributed by atoms with van der Waals surface area (Å²) in [7, 11) is 0. The van der Waals surface area contributed by atoms with Gasteiger partial charge in [0.05, 0.1) is 11.8 Å². The number of aromatic nitrogens is 1. The van der Waals surface area contributed by atoms with E-state index in [1.54, 1.807) is 0 Å². The molecule has 0 radical (unpaired) electrons. The van der Waals surface area contributed by atoms with Gasteiger partial charge < -0.3 is 0 Å². The maximum atomic E-state index is 12.4. The van der Waals surface area contributed by atoms with E-state index in [-0.39, 0.29) is 10.7 Å². The Morgan fingerprint density at radius 3 is 2.90 bits per heavy atom. The fourth-order valence-electron chi connectivity index (χ4n) is 0.518. The third-order valence-corrected chi connectivity index (χ3v) is 1.19. The number of pyridine rings is 1. The van der Waals surface area contributed by atoms with E-state index >= 15 is 0 Å². The lowest BCUT2D eigenvalue weighted by Crippen LogP contribution is -1.88. The molecule has 0 aliphatic carbocycles. The Balaban J connectivity index is 3.21. The Morgan fingerprint density at radius 2 is 2.40 bits per heavy atom. The first kappa shape index (κ1) is 7.15. The lowest BCUT2D eigenvalue weighted by Gasteiger charge is -1.91. The molecule has 0 unspecified atom stereocenters. The van der Waals surface area contributed by atoms with Crippen molar-refractivity contribution in [2.45, 2.75) is 0 Å². The Bertz CT molecular complexity index is 264. The van der Waals surface area contributed by atoms with E-state index in [2.05, 4.69) is 4.98 Å². The van der Waals surface area contributed by atoms with Gasteiger partial charge in [0.15, 0.2) is 12.1 Å².